The van der Waals surface area contributed by atoms with Gasteiger partial charge in [-0.25, -0.2) is 9.37 Å². The van der Waals surface area contributed by atoms with Gasteiger partial charge in [-0.05, 0) is 18.2 Å². The highest BCUT2D eigenvalue weighted by molar-refractivity contribution is 5.35. The molecule has 2 rings (SSSR count). The highest BCUT2D eigenvalue weighted by atomic mass is 19.2. The molecule has 0 aliphatic carbocycles. The lowest BCUT2D eigenvalue weighted by Crippen LogP contribution is -2.08. The number of rotatable bonds is 4. The topological polar surface area (TPSA) is 57.4 Å². The van der Waals surface area contributed by atoms with E-state index >= 15 is 0 Å². The summed E-state index contributed by atoms with van der Waals surface area (Å²) in [4.78, 5) is 3.85. The Morgan fingerprint density at radius 1 is 1.11 bits per heavy atom. The summed E-state index contributed by atoms with van der Waals surface area (Å²) in [5.74, 6) is -1.96. The molecule has 18 heavy (non-hydrogen) atoms. The van der Waals surface area contributed by atoms with Crippen LogP contribution in [0.4, 0.5) is 14.5 Å². The number of hydrogen-bond acceptors (Lipinski definition) is 4. The van der Waals surface area contributed by atoms with Crippen LogP contribution in [0.2, 0.25) is 0 Å². The smallest absolute Gasteiger partial charge is 0.232 e. The number of benzene rings is 1. The summed E-state index contributed by atoms with van der Waals surface area (Å²) >= 11 is 0. The van der Waals surface area contributed by atoms with Crippen LogP contribution in [0.1, 0.15) is 0 Å². The maximum Gasteiger partial charge on any atom is 0.232 e. The third-order valence-corrected chi connectivity index (χ3v) is 2.10. The van der Waals surface area contributed by atoms with Gasteiger partial charge in [0.05, 0.1) is 11.9 Å². The standard InChI is InChI=1S/C12H10F2N2O2/c13-9-2-1-3-10(12(9)14)17-7-18-11-5-4-8(15)6-16-11/h1-6H,7,15H2. The van der Waals surface area contributed by atoms with Crippen LogP contribution < -0.4 is 15.2 Å². The zero-order valence-corrected chi connectivity index (χ0v) is 9.27. The van der Waals surface area contributed by atoms with E-state index in [2.05, 4.69) is 4.98 Å². The third kappa shape index (κ3) is 2.85. The van der Waals surface area contributed by atoms with Crippen molar-refractivity contribution >= 4 is 5.69 Å². The van der Waals surface area contributed by atoms with Crippen molar-refractivity contribution in [2.75, 3.05) is 12.5 Å². The molecule has 94 valence electrons. The Labute approximate surface area is 102 Å². The molecule has 0 aliphatic rings. The maximum atomic E-state index is 13.2. The van der Waals surface area contributed by atoms with E-state index in [9.17, 15) is 8.78 Å². The zero-order valence-electron chi connectivity index (χ0n) is 9.27. The summed E-state index contributed by atoms with van der Waals surface area (Å²) in [5, 5.41) is 0. The maximum absolute atomic E-state index is 13.2. The number of ether oxygens (including phenoxy) is 2. The molecule has 6 heteroatoms. The quantitative estimate of drug-likeness (QED) is 0.848. The monoisotopic (exact) mass is 252 g/mol. The molecule has 1 heterocycles. The molecule has 0 atom stereocenters. The Hall–Kier alpha value is -2.37. The van der Waals surface area contributed by atoms with Crippen molar-refractivity contribution in [1.82, 2.24) is 4.98 Å². The van der Waals surface area contributed by atoms with Gasteiger partial charge in [0.25, 0.3) is 0 Å². The minimum atomic E-state index is -1.05. The predicted molar refractivity (Wildman–Crippen MR) is 61.1 cm³/mol. The molecule has 0 amide bonds. The van der Waals surface area contributed by atoms with Crippen molar-refractivity contribution < 1.29 is 18.3 Å². The van der Waals surface area contributed by atoms with Crippen LogP contribution in [0.5, 0.6) is 11.6 Å². The average molecular weight is 252 g/mol. The molecule has 0 aliphatic heterocycles. The molecule has 1 aromatic carbocycles. The van der Waals surface area contributed by atoms with Gasteiger partial charge in [0.2, 0.25) is 18.5 Å². The third-order valence-electron chi connectivity index (χ3n) is 2.10. The first-order valence-corrected chi connectivity index (χ1v) is 5.08. The molecule has 0 bridgehead atoms. The van der Waals surface area contributed by atoms with Gasteiger partial charge in [-0.2, -0.15) is 4.39 Å². The van der Waals surface area contributed by atoms with Crippen molar-refractivity contribution in [1.29, 1.82) is 0 Å². The Morgan fingerprint density at radius 2 is 1.94 bits per heavy atom. The fraction of sp³-hybridized carbons (Fsp3) is 0.0833. The number of pyridine rings is 1. The summed E-state index contributed by atoms with van der Waals surface area (Å²) in [7, 11) is 0. The Morgan fingerprint density at radius 3 is 2.67 bits per heavy atom. The lowest BCUT2D eigenvalue weighted by molar-refractivity contribution is 0.110. The van der Waals surface area contributed by atoms with Crippen molar-refractivity contribution in [3.05, 3.63) is 48.2 Å². The molecular formula is C12H10F2N2O2. The van der Waals surface area contributed by atoms with Gasteiger partial charge in [0, 0.05) is 6.07 Å². The van der Waals surface area contributed by atoms with Crippen molar-refractivity contribution in [3.63, 3.8) is 0 Å². The molecule has 0 fully saturated rings. The summed E-state index contributed by atoms with van der Waals surface area (Å²) in [6, 6.07) is 6.80. The number of nitrogens with zero attached hydrogens (tertiary/aromatic N) is 1. The zero-order chi connectivity index (χ0) is 13.0. The van der Waals surface area contributed by atoms with Crippen LogP contribution in [0.3, 0.4) is 0 Å². The minimum Gasteiger partial charge on any atom is -0.454 e. The number of hydrogen-bond donors (Lipinski definition) is 1. The Bertz CT molecular complexity index is 532. The fourth-order valence-corrected chi connectivity index (χ4v) is 1.23. The minimum absolute atomic E-state index is 0.217. The van der Waals surface area contributed by atoms with Crippen molar-refractivity contribution in [3.8, 4) is 11.6 Å². The second-order valence-corrected chi connectivity index (χ2v) is 3.39. The Kier molecular flexibility index (Phi) is 3.57. The molecule has 0 spiro atoms. The predicted octanol–water partition coefficient (Wildman–Crippen LogP) is 2.36. The summed E-state index contributed by atoms with van der Waals surface area (Å²) in [6.07, 6.45) is 1.41. The van der Waals surface area contributed by atoms with Gasteiger partial charge in [-0.3, -0.25) is 0 Å². The molecule has 2 N–H and O–H groups in total. The fourth-order valence-electron chi connectivity index (χ4n) is 1.23. The van der Waals surface area contributed by atoms with Crippen molar-refractivity contribution in [2.24, 2.45) is 0 Å². The molecule has 0 saturated carbocycles. The van der Waals surface area contributed by atoms with Gasteiger partial charge < -0.3 is 15.2 Å². The number of nitrogens with two attached hydrogens (primary N) is 1. The van der Waals surface area contributed by atoms with E-state index in [0.29, 0.717) is 5.69 Å². The number of anilines is 1. The Balaban J connectivity index is 1.92. The second kappa shape index (κ2) is 5.31. The average Bonchev–Trinajstić information content (AvgIpc) is 2.37. The van der Waals surface area contributed by atoms with Gasteiger partial charge in [-0.15, -0.1) is 0 Å². The van der Waals surface area contributed by atoms with E-state index < -0.39 is 11.6 Å². The second-order valence-electron chi connectivity index (χ2n) is 3.39. The van der Waals surface area contributed by atoms with Crippen LogP contribution in [0.25, 0.3) is 0 Å². The highest BCUT2D eigenvalue weighted by Gasteiger charge is 2.08. The van der Waals surface area contributed by atoms with Crippen LogP contribution in [0.15, 0.2) is 36.5 Å². The van der Waals surface area contributed by atoms with Gasteiger partial charge in [0.1, 0.15) is 0 Å². The van der Waals surface area contributed by atoms with Crippen LogP contribution in [0, 0.1) is 11.6 Å². The van der Waals surface area contributed by atoms with E-state index in [-0.39, 0.29) is 18.4 Å². The van der Waals surface area contributed by atoms with Crippen molar-refractivity contribution in [2.45, 2.75) is 0 Å². The van der Waals surface area contributed by atoms with Crippen LogP contribution >= 0.6 is 0 Å². The molecule has 2 aromatic rings. The van der Waals surface area contributed by atoms with E-state index in [0.717, 1.165) is 6.07 Å². The van der Waals surface area contributed by atoms with Gasteiger partial charge in [-0.1, -0.05) is 6.07 Å². The van der Waals surface area contributed by atoms with E-state index in [4.69, 9.17) is 15.2 Å². The summed E-state index contributed by atoms with van der Waals surface area (Å²) < 4.78 is 36.1. The number of halogens is 2. The lowest BCUT2D eigenvalue weighted by Gasteiger charge is -2.08. The molecule has 0 saturated heterocycles. The molecule has 0 unspecified atom stereocenters. The first-order chi connectivity index (χ1) is 8.66. The first kappa shape index (κ1) is 12.1. The summed E-state index contributed by atoms with van der Waals surface area (Å²) in [5.41, 5.74) is 5.94. The largest absolute Gasteiger partial charge is 0.454 e. The molecule has 1 aromatic heterocycles. The lowest BCUT2D eigenvalue weighted by atomic mass is 10.3. The first-order valence-electron chi connectivity index (χ1n) is 5.08. The normalized spacial score (nSPS) is 10.1. The highest BCUT2D eigenvalue weighted by Crippen LogP contribution is 2.19. The van der Waals surface area contributed by atoms with E-state index in [1.54, 1.807) is 12.1 Å². The molecular weight excluding hydrogens is 242 g/mol. The number of aromatic nitrogens is 1. The van der Waals surface area contributed by atoms with Gasteiger partial charge in [0.15, 0.2) is 11.6 Å². The molecule has 0 radical (unpaired) electrons. The number of nitrogen functional groups attached to an aromatic ring is 1. The molecule has 4 nitrogen and oxygen atoms in total. The summed E-state index contributed by atoms with van der Waals surface area (Å²) in [6.45, 7) is -0.280. The van der Waals surface area contributed by atoms with Crippen LogP contribution in [-0.4, -0.2) is 11.8 Å². The SMILES string of the molecule is Nc1ccc(OCOc2cccc(F)c2F)nc1. The van der Waals surface area contributed by atoms with E-state index in [1.807, 2.05) is 0 Å². The van der Waals surface area contributed by atoms with Gasteiger partial charge >= 0.3 is 0 Å². The van der Waals surface area contributed by atoms with E-state index in [1.165, 1.54) is 18.3 Å². The van der Waals surface area contributed by atoms with Crippen LogP contribution in [-0.2, 0) is 0 Å².